The first-order chi connectivity index (χ1) is 29.3. The monoisotopic (exact) mass is 894 g/mol. The van der Waals surface area contributed by atoms with Crippen molar-refractivity contribution in [3.8, 4) is 0 Å². The van der Waals surface area contributed by atoms with E-state index in [2.05, 4.69) is 10.6 Å². The Balaban J connectivity index is 0.955. The Kier molecular flexibility index (Phi) is 22.5. The molecule has 7 unspecified atom stereocenters. The quantitative estimate of drug-likeness (QED) is 0.0419. The van der Waals surface area contributed by atoms with Crippen LogP contribution in [0.2, 0.25) is 0 Å². The normalized spacial score (nSPS) is 28.9. The van der Waals surface area contributed by atoms with Crippen molar-refractivity contribution in [2.24, 2.45) is 0 Å². The summed E-state index contributed by atoms with van der Waals surface area (Å²) in [6, 6.07) is -1.13. The molecule has 4 amide bonds. The first kappa shape index (κ1) is 51.1. The van der Waals surface area contributed by atoms with Crippen LogP contribution in [0.15, 0.2) is 0 Å². The summed E-state index contributed by atoms with van der Waals surface area (Å²) in [4.78, 5) is 63.7. The Morgan fingerprint density at radius 1 is 0.607 bits per heavy atom. The second-order valence-electron chi connectivity index (χ2n) is 15.3. The number of aliphatic hydroxyl groups excluding tert-OH is 4. The molecule has 4 saturated heterocycles. The predicted molar refractivity (Wildman–Crippen MR) is 215 cm³/mol. The molecule has 0 spiro atoms. The molecule has 61 heavy (non-hydrogen) atoms. The SMILES string of the molecule is CC(=O)CSC(CC(=O)NCCOCCOCCOCC1O[C@H]2CCN(C(C)=O)[C@H]2C(O)C1O)C(=O)NCCOCCOCCOCC1O[C@H]2CCN(C(C)=O)[C@H]2C(O)C1O. The third kappa shape index (κ3) is 16.2. The van der Waals surface area contributed by atoms with E-state index in [1.54, 1.807) is 0 Å². The topological polar surface area (TPSA) is 271 Å². The molecule has 4 aliphatic heterocycles. The second-order valence-corrected chi connectivity index (χ2v) is 16.5. The van der Waals surface area contributed by atoms with Gasteiger partial charge < -0.3 is 78.8 Å². The standard InChI is InChI=1S/C39H66N4O17S/c1-24(44)23-61-31(39(52)41-7-11-54-13-15-56-17-19-58-22-30-36(49)38(51)34-28(60-30)5-9-43(34)26(3)46)20-32(47)40-6-10-53-12-14-55-16-18-57-21-29-35(48)37(50)33-27(59-29)4-8-42(33)25(2)45/h27-31,33-38,48-51H,4-23H2,1-3H3,(H,40,47)(H,41,52)/t27-,28-,29?,30?,31?,33+,34+,35?,36?,37?,38?/m0/s1. The van der Waals surface area contributed by atoms with E-state index in [0.29, 0.717) is 25.9 Å². The van der Waals surface area contributed by atoms with Crippen LogP contribution in [0.5, 0.6) is 0 Å². The number of ketones is 1. The number of carbonyl (C=O) groups excluding carboxylic acids is 5. The summed E-state index contributed by atoms with van der Waals surface area (Å²) >= 11 is 1.09. The number of nitrogens with one attached hydrogen (secondary N) is 2. The molecular weight excluding hydrogens is 829 g/mol. The maximum Gasteiger partial charge on any atom is 0.233 e. The van der Waals surface area contributed by atoms with Crippen molar-refractivity contribution in [2.45, 2.75) is 106 Å². The number of likely N-dealkylation sites (tertiary alicyclic amines) is 2. The van der Waals surface area contributed by atoms with Crippen LogP contribution in [-0.2, 0) is 61.9 Å². The van der Waals surface area contributed by atoms with Gasteiger partial charge in [0.1, 0.15) is 42.4 Å². The van der Waals surface area contributed by atoms with Gasteiger partial charge in [0.2, 0.25) is 23.6 Å². The average Bonchev–Trinajstić information content (AvgIpc) is 3.86. The number of aliphatic hydroxyl groups is 4. The Morgan fingerprint density at radius 2 is 1.02 bits per heavy atom. The Hall–Kier alpha value is -2.58. The number of Topliss-reactive ketones (excluding diaryl/α,β-unsaturated/α-hetero) is 1. The van der Waals surface area contributed by atoms with Gasteiger partial charge in [-0.05, 0) is 19.8 Å². The largest absolute Gasteiger partial charge is 0.388 e. The van der Waals surface area contributed by atoms with Crippen molar-refractivity contribution in [1.82, 2.24) is 20.4 Å². The van der Waals surface area contributed by atoms with E-state index in [1.807, 2.05) is 0 Å². The molecule has 11 atom stereocenters. The van der Waals surface area contributed by atoms with Gasteiger partial charge in [0.15, 0.2) is 0 Å². The lowest BCUT2D eigenvalue weighted by molar-refractivity contribution is -0.203. The zero-order valence-corrected chi connectivity index (χ0v) is 36.2. The van der Waals surface area contributed by atoms with Gasteiger partial charge in [-0.1, -0.05) is 0 Å². The molecule has 4 fully saturated rings. The molecule has 22 heteroatoms. The summed E-state index contributed by atoms with van der Waals surface area (Å²) in [6.45, 7) is 8.20. The molecular formula is C39H66N4O17S. The summed E-state index contributed by atoms with van der Waals surface area (Å²) in [5, 5.41) is 46.8. The average molecular weight is 895 g/mol. The van der Waals surface area contributed by atoms with E-state index >= 15 is 0 Å². The van der Waals surface area contributed by atoms with E-state index in [-0.39, 0.29) is 140 Å². The second kappa shape index (κ2) is 26.9. The molecule has 350 valence electrons. The molecule has 0 saturated carbocycles. The number of thioether (sulfide) groups is 1. The van der Waals surface area contributed by atoms with E-state index in [9.17, 15) is 44.4 Å². The van der Waals surface area contributed by atoms with Gasteiger partial charge in [-0.2, -0.15) is 0 Å². The first-order valence-corrected chi connectivity index (χ1v) is 22.0. The lowest BCUT2D eigenvalue weighted by Crippen LogP contribution is -2.61. The highest BCUT2D eigenvalue weighted by Crippen LogP contribution is 2.33. The number of ether oxygens (including phenoxy) is 8. The first-order valence-electron chi connectivity index (χ1n) is 21.0. The van der Waals surface area contributed by atoms with Gasteiger partial charge >= 0.3 is 0 Å². The fraction of sp³-hybridized carbons (Fsp3) is 0.872. The fourth-order valence-corrected chi connectivity index (χ4v) is 8.67. The lowest BCUT2D eigenvalue weighted by atomic mass is 9.93. The molecule has 4 heterocycles. The fourth-order valence-electron chi connectivity index (χ4n) is 7.73. The van der Waals surface area contributed by atoms with E-state index in [0.717, 1.165) is 11.8 Å². The minimum Gasteiger partial charge on any atom is -0.388 e. The molecule has 4 rings (SSSR count). The van der Waals surface area contributed by atoms with Crippen LogP contribution in [0.25, 0.3) is 0 Å². The van der Waals surface area contributed by atoms with Crippen LogP contribution in [0.4, 0.5) is 0 Å². The molecule has 0 aromatic carbocycles. The molecule has 0 aromatic heterocycles. The van der Waals surface area contributed by atoms with Crippen molar-refractivity contribution >= 4 is 41.2 Å². The van der Waals surface area contributed by atoms with Crippen molar-refractivity contribution in [1.29, 1.82) is 0 Å². The summed E-state index contributed by atoms with van der Waals surface area (Å²) in [6.07, 6.45) is -5.71. The number of amides is 4. The minimum absolute atomic E-state index is 0.0608. The van der Waals surface area contributed by atoms with Gasteiger partial charge in [0, 0.05) is 46.4 Å². The number of nitrogens with zero attached hydrogens (tertiary/aromatic N) is 2. The van der Waals surface area contributed by atoms with Gasteiger partial charge in [-0.15, -0.1) is 11.8 Å². The Morgan fingerprint density at radius 3 is 1.44 bits per heavy atom. The molecule has 21 nitrogen and oxygen atoms in total. The van der Waals surface area contributed by atoms with E-state index < -0.39 is 59.9 Å². The smallest absolute Gasteiger partial charge is 0.233 e. The third-order valence-electron chi connectivity index (χ3n) is 10.8. The van der Waals surface area contributed by atoms with E-state index in [1.165, 1.54) is 30.6 Å². The summed E-state index contributed by atoms with van der Waals surface area (Å²) in [7, 11) is 0. The Bertz CT molecular complexity index is 1390. The van der Waals surface area contributed by atoms with Crippen LogP contribution in [-0.4, -0.2) is 237 Å². The van der Waals surface area contributed by atoms with Crippen molar-refractivity contribution in [3.05, 3.63) is 0 Å². The summed E-state index contributed by atoms with van der Waals surface area (Å²) < 4.78 is 45.0. The third-order valence-corrected chi connectivity index (χ3v) is 12.1. The van der Waals surface area contributed by atoms with E-state index in [4.69, 9.17) is 37.9 Å². The maximum absolute atomic E-state index is 12.8. The number of rotatable bonds is 28. The van der Waals surface area contributed by atoms with Gasteiger partial charge in [-0.3, -0.25) is 24.0 Å². The van der Waals surface area contributed by atoms with Crippen molar-refractivity contribution in [3.63, 3.8) is 0 Å². The molecule has 0 aliphatic carbocycles. The van der Waals surface area contributed by atoms with Crippen molar-refractivity contribution < 1.29 is 82.3 Å². The molecule has 4 aliphatic rings. The highest BCUT2D eigenvalue weighted by molar-refractivity contribution is 8.01. The molecule has 0 bridgehead atoms. The van der Waals surface area contributed by atoms with Gasteiger partial charge in [-0.25, -0.2) is 0 Å². The highest BCUT2D eigenvalue weighted by Gasteiger charge is 2.52. The highest BCUT2D eigenvalue weighted by atomic mass is 32.2. The number of fused-ring (bicyclic) bond motifs is 2. The maximum atomic E-state index is 12.8. The van der Waals surface area contributed by atoms with Gasteiger partial charge in [0.25, 0.3) is 0 Å². The zero-order valence-electron chi connectivity index (χ0n) is 35.4. The summed E-state index contributed by atoms with van der Waals surface area (Å²) in [5.74, 6) is -1.14. The molecule has 0 aromatic rings. The number of hydrogen-bond acceptors (Lipinski definition) is 18. The summed E-state index contributed by atoms with van der Waals surface area (Å²) in [5.41, 5.74) is 0. The zero-order chi connectivity index (χ0) is 44.3. The molecule has 6 N–H and O–H groups in total. The number of hydrogen-bond donors (Lipinski definition) is 6. The van der Waals surface area contributed by atoms with Gasteiger partial charge in [0.05, 0.1) is 115 Å². The number of carbonyl (C=O) groups is 5. The van der Waals surface area contributed by atoms with Crippen LogP contribution < -0.4 is 10.6 Å². The minimum atomic E-state index is -1.19. The van der Waals surface area contributed by atoms with Crippen LogP contribution >= 0.6 is 11.8 Å². The lowest BCUT2D eigenvalue weighted by Gasteiger charge is -2.42. The van der Waals surface area contributed by atoms with Crippen LogP contribution in [0.3, 0.4) is 0 Å². The van der Waals surface area contributed by atoms with Crippen molar-refractivity contribution in [2.75, 3.05) is 111 Å². The van der Waals surface area contributed by atoms with Crippen LogP contribution in [0, 0.1) is 0 Å². The Labute approximate surface area is 360 Å². The predicted octanol–water partition coefficient (Wildman–Crippen LogP) is -3.38. The molecule has 0 radical (unpaired) electrons. The van der Waals surface area contributed by atoms with Crippen LogP contribution in [0.1, 0.15) is 40.0 Å².